The van der Waals surface area contributed by atoms with Gasteiger partial charge in [-0.2, -0.15) is 0 Å². The predicted octanol–water partition coefficient (Wildman–Crippen LogP) is -3.27. The zero-order valence-corrected chi connectivity index (χ0v) is 7.88. The molecule has 0 amide bonds. The van der Waals surface area contributed by atoms with Crippen molar-refractivity contribution >= 4 is 22.6 Å². The van der Waals surface area contributed by atoms with Crippen LogP contribution in [-0.4, -0.2) is 43.6 Å². The van der Waals surface area contributed by atoms with Gasteiger partial charge in [-0.15, -0.1) is 12.4 Å². The average molecular weight is 174 g/mol. The smallest absolute Gasteiger partial charge is 0.130 e. The SMILES string of the molecule is Cl.NC(O)C(O)C(O)[SiH3]. The first-order chi connectivity index (χ1) is 3.55. The molecule has 0 aliphatic carbocycles. The Bertz CT molecular complexity index is 64.1. The predicted molar refractivity (Wildman–Crippen MR) is 39.4 cm³/mol. The topological polar surface area (TPSA) is 86.7 Å². The van der Waals surface area contributed by atoms with E-state index in [-0.39, 0.29) is 12.4 Å². The Morgan fingerprint density at radius 2 is 1.56 bits per heavy atom. The van der Waals surface area contributed by atoms with E-state index < -0.39 is 18.1 Å². The third kappa shape index (κ3) is 4.83. The lowest BCUT2D eigenvalue weighted by molar-refractivity contribution is -0.0262. The zero-order chi connectivity index (χ0) is 6.73. The third-order valence-electron chi connectivity index (χ3n) is 0.844. The molecule has 5 N–H and O–H groups in total. The largest absolute Gasteiger partial charge is 0.395 e. The molecule has 3 unspecified atom stereocenters. The number of aliphatic hydroxyl groups excluding tert-OH is 3. The van der Waals surface area contributed by atoms with Gasteiger partial charge < -0.3 is 21.1 Å². The molecule has 0 saturated heterocycles. The molecule has 0 aromatic carbocycles. The van der Waals surface area contributed by atoms with Gasteiger partial charge in [0.05, 0.1) is 5.73 Å². The molecule has 0 fully saturated rings. The van der Waals surface area contributed by atoms with Crippen molar-refractivity contribution in [1.82, 2.24) is 0 Å². The molecule has 0 spiro atoms. The highest BCUT2D eigenvalue weighted by Crippen LogP contribution is 1.88. The third-order valence-corrected chi connectivity index (χ3v) is 1.53. The number of hydrogen-bond donors (Lipinski definition) is 4. The summed E-state index contributed by atoms with van der Waals surface area (Å²) in [5.74, 6) is 0. The normalized spacial score (nSPS) is 20.0. The lowest BCUT2D eigenvalue weighted by atomic mass is 10.3. The molecule has 0 bridgehead atoms. The molecule has 9 heavy (non-hydrogen) atoms. The number of rotatable bonds is 2. The molecule has 0 rings (SSSR count). The van der Waals surface area contributed by atoms with Crippen molar-refractivity contribution in [2.45, 2.75) is 18.1 Å². The summed E-state index contributed by atoms with van der Waals surface area (Å²) in [5, 5.41) is 25.6. The summed E-state index contributed by atoms with van der Waals surface area (Å²) < 4.78 is 0. The van der Waals surface area contributed by atoms with Gasteiger partial charge in [0.15, 0.2) is 0 Å². The van der Waals surface area contributed by atoms with Crippen LogP contribution in [0.2, 0.25) is 0 Å². The summed E-state index contributed by atoms with van der Waals surface area (Å²) in [7, 11) is 0.416. The fraction of sp³-hybridized carbons (Fsp3) is 1.00. The fourth-order valence-electron chi connectivity index (χ4n) is 0.285. The van der Waals surface area contributed by atoms with E-state index in [1.807, 2.05) is 0 Å². The summed E-state index contributed by atoms with van der Waals surface area (Å²) >= 11 is 0. The highest BCUT2D eigenvalue weighted by molar-refractivity contribution is 6.11. The van der Waals surface area contributed by atoms with Crippen molar-refractivity contribution in [3.8, 4) is 0 Å². The summed E-state index contributed by atoms with van der Waals surface area (Å²) in [6.45, 7) is 0. The summed E-state index contributed by atoms with van der Waals surface area (Å²) in [6.07, 6.45) is -2.50. The molecule has 6 heteroatoms. The van der Waals surface area contributed by atoms with Gasteiger partial charge in [-0.1, -0.05) is 0 Å². The van der Waals surface area contributed by atoms with Crippen LogP contribution in [0.4, 0.5) is 0 Å². The van der Waals surface area contributed by atoms with Gasteiger partial charge in [-0.05, 0) is 0 Å². The number of hydrogen-bond acceptors (Lipinski definition) is 4. The first-order valence-corrected chi connectivity index (χ1v) is 3.51. The Labute approximate surface area is 62.5 Å². The van der Waals surface area contributed by atoms with Crippen molar-refractivity contribution in [3.05, 3.63) is 0 Å². The van der Waals surface area contributed by atoms with E-state index in [1.54, 1.807) is 0 Å². The van der Waals surface area contributed by atoms with Crippen LogP contribution in [0.15, 0.2) is 0 Å². The van der Waals surface area contributed by atoms with Gasteiger partial charge in [0.2, 0.25) is 0 Å². The van der Waals surface area contributed by atoms with Crippen LogP contribution in [0.1, 0.15) is 0 Å². The van der Waals surface area contributed by atoms with Crippen LogP contribution >= 0.6 is 12.4 Å². The summed E-state index contributed by atoms with van der Waals surface area (Å²) in [6, 6.07) is 0. The van der Waals surface area contributed by atoms with Gasteiger partial charge >= 0.3 is 0 Å². The molecule has 58 valence electrons. The second-order valence-electron chi connectivity index (χ2n) is 1.72. The van der Waals surface area contributed by atoms with Gasteiger partial charge in [0, 0.05) is 10.2 Å². The van der Waals surface area contributed by atoms with Crippen LogP contribution in [0, 0.1) is 0 Å². The Hall–Kier alpha value is 0.347. The lowest BCUT2D eigenvalue weighted by Crippen LogP contribution is -2.42. The monoisotopic (exact) mass is 173 g/mol. The minimum absolute atomic E-state index is 0. The van der Waals surface area contributed by atoms with E-state index in [0.717, 1.165) is 0 Å². The van der Waals surface area contributed by atoms with Gasteiger partial charge in [0.25, 0.3) is 0 Å². The molecule has 0 saturated carbocycles. The van der Waals surface area contributed by atoms with Gasteiger partial charge in [-0.3, -0.25) is 0 Å². The Morgan fingerprint density at radius 1 is 1.22 bits per heavy atom. The number of nitrogens with two attached hydrogens (primary N) is 1. The molecule has 0 heterocycles. The quantitative estimate of drug-likeness (QED) is 0.261. The molecule has 3 atom stereocenters. The molecule has 0 aromatic heterocycles. The van der Waals surface area contributed by atoms with Crippen LogP contribution in [0.25, 0.3) is 0 Å². The highest BCUT2D eigenvalue weighted by Gasteiger charge is 2.15. The van der Waals surface area contributed by atoms with E-state index in [4.69, 9.17) is 21.1 Å². The molecule has 0 radical (unpaired) electrons. The van der Waals surface area contributed by atoms with Crippen molar-refractivity contribution in [3.63, 3.8) is 0 Å². The average Bonchev–Trinajstić information content (AvgIpc) is 1.64. The summed E-state index contributed by atoms with van der Waals surface area (Å²) in [4.78, 5) is 0. The highest BCUT2D eigenvalue weighted by atomic mass is 35.5. The zero-order valence-electron chi connectivity index (χ0n) is 5.06. The van der Waals surface area contributed by atoms with E-state index in [2.05, 4.69) is 0 Å². The minimum Gasteiger partial charge on any atom is -0.395 e. The Kier molecular flexibility index (Phi) is 6.91. The van der Waals surface area contributed by atoms with Crippen LogP contribution in [-0.2, 0) is 0 Å². The maximum atomic E-state index is 8.61. The molecular formula is C3H12ClNO3Si. The fourth-order valence-corrected chi connectivity index (χ4v) is 0.680. The van der Waals surface area contributed by atoms with Gasteiger partial charge in [0.1, 0.15) is 12.3 Å². The second-order valence-corrected chi connectivity index (χ2v) is 2.90. The van der Waals surface area contributed by atoms with Crippen molar-refractivity contribution < 1.29 is 15.3 Å². The van der Waals surface area contributed by atoms with E-state index >= 15 is 0 Å². The van der Waals surface area contributed by atoms with E-state index in [9.17, 15) is 0 Å². The standard InChI is InChI=1S/C3H11NO3Si.ClH/c4-2(6)1(5)3(7)8;/h1-3,5-7H,4H2,8H3;1H. The summed E-state index contributed by atoms with van der Waals surface area (Å²) in [5.41, 5.74) is 3.97. The van der Waals surface area contributed by atoms with E-state index in [1.165, 1.54) is 0 Å². The van der Waals surface area contributed by atoms with Crippen molar-refractivity contribution in [2.24, 2.45) is 5.73 Å². The second kappa shape index (κ2) is 5.16. The Balaban J connectivity index is 0. The lowest BCUT2D eigenvalue weighted by Gasteiger charge is -2.15. The number of aliphatic hydroxyl groups is 3. The van der Waals surface area contributed by atoms with Crippen molar-refractivity contribution in [1.29, 1.82) is 0 Å². The molecule has 0 aromatic rings. The maximum Gasteiger partial charge on any atom is 0.130 e. The van der Waals surface area contributed by atoms with Crippen LogP contribution in [0.3, 0.4) is 0 Å². The van der Waals surface area contributed by atoms with Gasteiger partial charge in [-0.25, -0.2) is 0 Å². The van der Waals surface area contributed by atoms with Crippen LogP contribution < -0.4 is 5.73 Å². The minimum atomic E-state index is -1.32. The van der Waals surface area contributed by atoms with Crippen molar-refractivity contribution in [2.75, 3.05) is 0 Å². The van der Waals surface area contributed by atoms with Crippen LogP contribution in [0.5, 0.6) is 0 Å². The molecule has 0 aliphatic rings. The van der Waals surface area contributed by atoms with E-state index in [0.29, 0.717) is 10.2 Å². The first-order valence-electron chi connectivity index (χ1n) is 2.35. The molecule has 4 nitrogen and oxygen atoms in total. The molecular weight excluding hydrogens is 162 g/mol. The Morgan fingerprint density at radius 3 is 1.56 bits per heavy atom. The first kappa shape index (κ1) is 12.1. The number of halogens is 1. The maximum absolute atomic E-state index is 8.61. The molecule has 0 aliphatic heterocycles.